The van der Waals surface area contributed by atoms with Gasteiger partial charge in [0, 0.05) is 31.4 Å². The molecule has 0 unspecified atom stereocenters. The van der Waals surface area contributed by atoms with Crippen LogP contribution in [0.4, 0.5) is 0 Å². The maximum atomic E-state index is 12.8. The number of piperidine rings is 1. The lowest BCUT2D eigenvalue weighted by Crippen LogP contribution is -2.41. The zero-order valence-corrected chi connectivity index (χ0v) is 19.1. The maximum absolute atomic E-state index is 12.8. The van der Waals surface area contributed by atoms with Crippen LogP contribution in [0.25, 0.3) is 0 Å². The van der Waals surface area contributed by atoms with Crippen LogP contribution in [0.15, 0.2) is 47.6 Å². The SMILES string of the molecule is CSc1ncccc1C(=O)N1CCC(CNC(=O)c2ccc(C(C)(C)C)cc2)CC1. The number of nitrogens with zero attached hydrogens (tertiary/aromatic N) is 2. The molecule has 0 bridgehead atoms. The fourth-order valence-corrected chi connectivity index (χ4v) is 4.23. The number of rotatable bonds is 5. The summed E-state index contributed by atoms with van der Waals surface area (Å²) in [6.45, 7) is 8.55. The summed E-state index contributed by atoms with van der Waals surface area (Å²) in [5.41, 5.74) is 2.66. The van der Waals surface area contributed by atoms with Crippen LogP contribution in [0.2, 0.25) is 0 Å². The lowest BCUT2D eigenvalue weighted by molar-refractivity contribution is 0.0680. The van der Waals surface area contributed by atoms with E-state index in [1.54, 1.807) is 6.20 Å². The van der Waals surface area contributed by atoms with Crippen molar-refractivity contribution in [1.29, 1.82) is 0 Å². The van der Waals surface area contributed by atoms with E-state index in [1.807, 2.05) is 47.6 Å². The first-order valence-corrected chi connectivity index (χ1v) is 11.7. The van der Waals surface area contributed by atoms with E-state index in [0.29, 0.717) is 36.7 Å². The molecule has 1 aromatic carbocycles. The summed E-state index contributed by atoms with van der Waals surface area (Å²) < 4.78 is 0. The van der Waals surface area contributed by atoms with E-state index in [1.165, 1.54) is 17.3 Å². The predicted octanol–water partition coefficient (Wildman–Crippen LogP) is 4.38. The normalized spacial score (nSPS) is 15.1. The van der Waals surface area contributed by atoms with Crippen molar-refractivity contribution in [3.63, 3.8) is 0 Å². The van der Waals surface area contributed by atoms with Crippen LogP contribution in [0, 0.1) is 5.92 Å². The first kappa shape index (κ1) is 22.3. The second-order valence-electron chi connectivity index (χ2n) is 8.83. The van der Waals surface area contributed by atoms with Crippen LogP contribution in [0.3, 0.4) is 0 Å². The predicted molar refractivity (Wildman–Crippen MR) is 122 cm³/mol. The van der Waals surface area contributed by atoms with E-state index in [-0.39, 0.29) is 17.2 Å². The van der Waals surface area contributed by atoms with Crippen molar-refractivity contribution < 1.29 is 9.59 Å². The molecule has 1 fully saturated rings. The van der Waals surface area contributed by atoms with E-state index in [9.17, 15) is 9.59 Å². The van der Waals surface area contributed by atoms with Gasteiger partial charge in [0.15, 0.2) is 0 Å². The zero-order chi connectivity index (χ0) is 21.7. The first-order chi connectivity index (χ1) is 14.3. The zero-order valence-electron chi connectivity index (χ0n) is 18.3. The topological polar surface area (TPSA) is 62.3 Å². The van der Waals surface area contributed by atoms with Gasteiger partial charge in [-0.25, -0.2) is 4.98 Å². The number of carbonyl (C=O) groups is 2. The second kappa shape index (κ2) is 9.65. The van der Waals surface area contributed by atoms with Gasteiger partial charge < -0.3 is 10.2 Å². The number of likely N-dealkylation sites (tertiary alicyclic amines) is 1. The Labute approximate surface area is 183 Å². The summed E-state index contributed by atoms with van der Waals surface area (Å²) in [5.74, 6) is 0.406. The van der Waals surface area contributed by atoms with Crippen LogP contribution in [-0.4, -0.2) is 47.6 Å². The summed E-state index contributed by atoms with van der Waals surface area (Å²) in [6.07, 6.45) is 5.44. The molecule has 1 aliphatic heterocycles. The number of hydrogen-bond donors (Lipinski definition) is 1. The fourth-order valence-electron chi connectivity index (χ4n) is 3.69. The van der Waals surface area contributed by atoms with Gasteiger partial charge >= 0.3 is 0 Å². The summed E-state index contributed by atoms with van der Waals surface area (Å²) >= 11 is 1.49. The van der Waals surface area contributed by atoms with Gasteiger partial charge in [-0.15, -0.1) is 11.8 Å². The highest BCUT2D eigenvalue weighted by Gasteiger charge is 2.25. The summed E-state index contributed by atoms with van der Waals surface area (Å²) in [6, 6.07) is 11.5. The second-order valence-corrected chi connectivity index (χ2v) is 9.63. The molecule has 1 aliphatic rings. The molecule has 0 spiro atoms. The van der Waals surface area contributed by atoms with Gasteiger partial charge in [-0.2, -0.15) is 0 Å². The molecule has 5 nitrogen and oxygen atoms in total. The molecule has 1 saturated heterocycles. The highest BCUT2D eigenvalue weighted by molar-refractivity contribution is 7.98. The molecule has 6 heteroatoms. The van der Waals surface area contributed by atoms with Crippen molar-refractivity contribution in [2.75, 3.05) is 25.9 Å². The fraction of sp³-hybridized carbons (Fsp3) is 0.458. The minimum Gasteiger partial charge on any atom is -0.352 e. The molecule has 30 heavy (non-hydrogen) atoms. The van der Waals surface area contributed by atoms with Gasteiger partial charge in [-0.1, -0.05) is 32.9 Å². The third-order valence-corrected chi connectivity index (χ3v) is 6.37. The molecule has 1 N–H and O–H groups in total. The van der Waals surface area contributed by atoms with Crippen molar-refractivity contribution in [3.05, 3.63) is 59.3 Å². The molecule has 1 aromatic heterocycles. The van der Waals surface area contributed by atoms with Gasteiger partial charge in [-0.3, -0.25) is 9.59 Å². The number of benzene rings is 1. The summed E-state index contributed by atoms with van der Waals surface area (Å²) in [7, 11) is 0. The third-order valence-electron chi connectivity index (χ3n) is 5.66. The molecule has 3 rings (SSSR count). The summed E-state index contributed by atoms with van der Waals surface area (Å²) in [5, 5.41) is 3.84. The van der Waals surface area contributed by atoms with Crippen LogP contribution in [0.1, 0.15) is 59.9 Å². The average molecular weight is 426 g/mol. The molecule has 0 saturated carbocycles. The van der Waals surface area contributed by atoms with Gasteiger partial charge in [0.2, 0.25) is 0 Å². The van der Waals surface area contributed by atoms with E-state index in [2.05, 4.69) is 31.1 Å². The molecule has 0 aliphatic carbocycles. The first-order valence-electron chi connectivity index (χ1n) is 10.5. The Bertz CT molecular complexity index is 882. The third kappa shape index (κ3) is 5.42. The van der Waals surface area contributed by atoms with Crippen molar-refractivity contribution >= 4 is 23.6 Å². The molecule has 2 heterocycles. The minimum atomic E-state index is -0.0334. The Morgan fingerprint density at radius 2 is 1.80 bits per heavy atom. The quantitative estimate of drug-likeness (QED) is 0.722. The molecule has 160 valence electrons. The monoisotopic (exact) mass is 425 g/mol. The molecule has 0 atom stereocenters. The van der Waals surface area contributed by atoms with Crippen LogP contribution in [0.5, 0.6) is 0 Å². The lowest BCUT2D eigenvalue weighted by Gasteiger charge is -2.32. The van der Waals surface area contributed by atoms with Gasteiger partial charge in [0.25, 0.3) is 11.8 Å². The molecular formula is C24H31N3O2S. The van der Waals surface area contributed by atoms with Gasteiger partial charge in [-0.05, 0) is 60.3 Å². The lowest BCUT2D eigenvalue weighted by atomic mass is 9.86. The highest BCUT2D eigenvalue weighted by Crippen LogP contribution is 2.24. The number of thioether (sulfide) groups is 1. The minimum absolute atomic E-state index is 0.0334. The number of pyridine rings is 1. The van der Waals surface area contributed by atoms with Crippen LogP contribution < -0.4 is 5.32 Å². The number of aromatic nitrogens is 1. The molecular weight excluding hydrogens is 394 g/mol. The average Bonchev–Trinajstić information content (AvgIpc) is 2.76. The Kier molecular flexibility index (Phi) is 7.19. The highest BCUT2D eigenvalue weighted by atomic mass is 32.2. The molecule has 2 amide bonds. The maximum Gasteiger partial charge on any atom is 0.256 e. The number of carbonyl (C=O) groups excluding carboxylic acids is 2. The van der Waals surface area contributed by atoms with Crippen molar-refractivity contribution in [2.45, 2.75) is 44.1 Å². The number of hydrogen-bond acceptors (Lipinski definition) is 4. The van der Waals surface area contributed by atoms with Crippen molar-refractivity contribution in [1.82, 2.24) is 15.2 Å². The van der Waals surface area contributed by atoms with Crippen molar-refractivity contribution in [3.8, 4) is 0 Å². The smallest absolute Gasteiger partial charge is 0.256 e. The van der Waals surface area contributed by atoms with E-state index >= 15 is 0 Å². The Morgan fingerprint density at radius 3 is 2.40 bits per heavy atom. The van der Waals surface area contributed by atoms with Gasteiger partial charge in [0.1, 0.15) is 5.03 Å². The molecule has 0 radical (unpaired) electrons. The van der Waals surface area contributed by atoms with Crippen LogP contribution in [-0.2, 0) is 5.41 Å². The largest absolute Gasteiger partial charge is 0.352 e. The summed E-state index contributed by atoms with van der Waals surface area (Å²) in [4.78, 5) is 31.5. The van der Waals surface area contributed by atoms with Gasteiger partial charge in [0.05, 0.1) is 5.56 Å². The standard InChI is InChI=1S/C24H31N3O2S/c1-24(2,3)19-9-7-18(8-10-19)21(28)26-16-17-11-14-27(15-12-17)23(29)20-6-5-13-25-22(20)30-4/h5-10,13,17H,11-12,14-16H2,1-4H3,(H,26,28). The molecule has 2 aromatic rings. The number of nitrogens with one attached hydrogen (secondary N) is 1. The van der Waals surface area contributed by atoms with E-state index in [0.717, 1.165) is 17.9 Å². The van der Waals surface area contributed by atoms with E-state index < -0.39 is 0 Å². The van der Waals surface area contributed by atoms with Crippen LogP contribution >= 0.6 is 11.8 Å². The Morgan fingerprint density at radius 1 is 1.13 bits per heavy atom. The number of amides is 2. The Hall–Kier alpha value is -2.34. The van der Waals surface area contributed by atoms with E-state index in [4.69, 9.17) is 0 Å². The van der Waals surface area contributed by atoms with Crippen molar-refractivity contribution in [2.24, 2.45) is 5.92 Å². The Balaban J connectivity index is 1.49.